The van der Waals surface area contributed by atoms with Crippen LogP contribution in [0.1, 0.15) is 18.1 Å². The number of benzene rings is 1. The molecule has 13 heavy (non-hydrogen) atoms. The van der Waals surface area contributed by atoms with Crippen LogP contribution >= 0.6 is 15.9 Å². The molecular formula is C10H11BrFN. The zero-order valence-corrected chi connectivity index (χ0v) is 8.99. The maximum atomic E-state index is 13.3. The molecule has 1 atom stereocenters. The van der Waals surface area contributed by atoms with Crippen molar-refractivity contribution in [1.82, 2.24) is 0 Å². The molecule has 1 aromatic rings. The van der Waals surface area contributed by atoms with Gasteiger partial charge in [-0.05, 0) is 43.0 Å². The normalized spacial score (nSPS) is 26.2. The summed E-state index contributed by atoms with van der Waals surface area (Å²) in [5, 5.41) is 0. The third-order valence-corrected chi connectivity index (χ3v) is 3.22. The molecule has 0 aliphatic heterocycles. The zero-order valence-electron chi connectivity index (χ0n) is 7.40. The third kappa shape index (κ3) is 1.51. The van der Waals surface area contributed by atoms with E-state index < -0.39 is 0 Å². The Morgan fingerprint density at radius 3 is 2.62 bits per heavy atom. The Bertz CT molecular complexity index is 327. The molecule has 0 saturated carbocycles. The number of halogens is 2. The molecule has 1 nitrogen and oxygen atoms in total. The molecule has 1 aromatic carbocycles. The number of nitrogens with two attached hydrogens (primary N) is 1. The minimum Gasteiger partial charge on any atom is -0.325 e. The van der Waals surface area contributed by atoms with E-state index in [9.17, 15) is 4.39 Å². The summed E-state index contributed by atoms with van der Waals surface area (Å²) in [6, 6.07) is 3.24. The van der Waals surface area contributed by atoms with E-state index in [0.717, 1.165) is 22.0 Å². The van der Waals surface area contributed by atoms with E-state index in [1.165, 1.54) is 6.07 Å². The molecule has 0 amide bonds. The van der Waals surface area contributed by atoms with Gasteiger partial charge >= 0.3 is 0 Å². The van der Waals surface area contributed by atoms with Gasteiger partial charge in [0.2, 0.25) is 0 Å². The largest absolute Gasteiger partial charge is 0.325 e. The SMILES string of the molecule is CC1(N)Cc2c(F)ccc(Br)c2C1. The fourth-order valence-corrected chi connectivity index (χ4v) is 2.40. The van der Waals surface area contributed by atoms with E-state index in [2.05, 4.69) is 15.9 Å². The van der Waals surface area contributed by atoms with Crippen molar-refractivity contribution >= 4 is 15.9 Å². The predicted molar refractivity (Wildman–Crippen MR) is 54.1 cm³/mol. The molecule has 1 aliphatic rings. The van der Waals surface area contributed by atoms with Crippen LogP contribution in [0.25, 0.3) is 0 Å². The Hall–Kier alpha value is -0.410. The molecule has 3 heteroatoms. The summed E-state index contributed by atoms with van der Waals surface area (Å²) in [5.74, 6) is -0.132. The van der Waals surface area contributed by atoms with E-state index in [4.69, 9.17) is 5.73 Å². The predicted octanol–water partition coefficient (Wildman–Crippen LogP) is 2.40. The summed E-state index contributed by atoms with van der Waals surface area (Å²) in [7, 11) is 0. The molecule has 0 fully saturated rings. The Morgan fingerprint density at radius 2 is 2.00 bits per heavy atom. The van der Waals surface area contributed by atoms with Gasteiger partial charge in [-0.2, -0.15) is 0 Å². The molecule has 1 aliphatic carbocycles. The standard InChI is InChI=1S/C10H11BrFN/c1-10(13)4-6-7(5-10)9(12)3-2-8(6)11/h2-3H,4-5,13H2,1H3. The second-order valence-corrected chi connectivity index (χ2v) is 4.85. The first-order valence-corrected chi connectivity index (χ1v) is 5.03. The minimum atomic E-state index is -0.285. The smallest absolute Gasteiger partial charge is 0.126 e. The minimum absolute atomic E-state index is 0.132. The Labute approximate surface area is 85.3 Å². The third-order valence-electron chi connectivity index (χ3n) is 2.48. The topological polar surface area (TPSA) is 26.0 Å². The number of fused-ring (bicyclic) bond motifs is 1. The monoisotopic (exact) mass is 243 g/mol. The summed E-state index contributed by atoms with van der Waals surface area (Å²) in [4.78, 5) is 0. The molecule has 0 heterocycles. The second kappa shape index (κ2) is 2.79. The Morgan fingerprint density at radius 1 is 1.38 bits per heavy atom. The van der Waals surface area contributed by atoms with E-state index in [0.29, 0.717) is 6.42 Å². The van der Waals surface area contributed by atoms with Crippen LogP contribution in [0.4, 0.5) is 4.39 Å². The van der Waals surface area contributed by atoms with Gasteiger partial charge < -0.3 is 5.73 Å². The molecule has 1 unspecified atom stereocenters. The van der Waals surface area contributed by atoms with Gasteiger partial charge in [-0.25, -0.2) is 4.39 Å². The van der Waals surface area contributed by atoms with Crippen molar-refractivity contribution in [2.24, 2.45) is 5.73 Å². The Balaban J connectivity index is 2.56. The van der Waals surface area contributed by atoms with E-state index >= 15 is 0 Å². The van der Waals surface area contributed by atoms with Crippen molar-refractivity contribution < 1.29 is 4.39 Å². The molecule has 0 saturated heterocycles. The van der Waals surface area contributed by atoms with Crippen molar-refractivity contribution in [3.63, 3.8) is 0 Å². The van der Waals surface area contributed by atoms with Crippen molar-refractivity contribution in [3.8, 4) is 0 Å². The number of hydrogen-bond acceptors (Lipinski definition) is 1. The van der Waals surface area contributed by atoms with Crippen molar-refractivity contribution in [2.45, 2.75) is 25.3 Å². The van der Waals surface area contributed by atoms with Gasteiger partial charge in [0, 0.05) is 10.0 Å². The van der Waals surface area contributed by atoms with E-state index in [1.54, 1.807) is 6.07 Å². The lowest BCUT2D eigenvalue weighted by atomic mass is 10.0. The molecule has 0 bridgehead atoms. The highest BCUT2D eigenvalue weighted by atomic mass is 79.9. The van der Waals surface area contributed by atoms with Gasteiger partial charge in [0.15, 0.2) is 0 Å². The fourth-order valence-electron chi connectivity index (χ4n) is 1.89. The van der Waals surface area contributed by atoms with Crippen LogP contribution < -0.4 is 5.73 Å². The van der Waals surface area contributed by atoms with Crippen LogP contribution in [-0.4, -0.2) is 5.54 Å². The van der Waals surface area contributed by atoms with Gasteiger partial charge in [-0.15, -0.1) is 0 Å². The highest BCUT2D eigenvalue weighted by Crippen LogP contribution is 2.34. The summed E-state index contributed by atoms with van der Waals surface area (Å²) in [6.07, 6.45) is 1.38. The maximum absolute atomic E-state index is 13.3. The van der Waals surface area contributed by atoms with Gasteiger partial charge in [-0.1, -0.05) is 15.9 Å². The summed E-state index contributed by atoms with van der Waals surface area (Å²) in [5.41, 5.74) is 7.50. The first-order valence-electron chi connectivity index (χ1n) is 4.24. The summed E-state index contributed by atoms with van der Waals surface area (Å²) >= 11 is 3.41. The lowest BCUT2D eigenvalue weighted by molar-refractivity contribution is 0.491. The zero-order chi connectivity index (χ0) is 9.64. The molecular weight excluding hydrogens is 233 g/mol. The van der Waals surface area contributed by atoms with Crippen molar-refractivity contribution in [1.29, 1.82) is 0 Å². The highest BCUT2D eigenvalue weighted by Gasteiger charge is 2.32. The summed E-state index contributed by atoms with van der Waals surface area (Å²) < 4.78 is 14.3. The van der Waals surface area contributed by atoms with Crippen LogP contribution in [0.3, 0.4) is 0 Å². The second-order valence-electron chi connectivity index (χ2n) is 3.99. The van der Waals surface area contributed by atoms with Crippen LogP contribution in [0.15, 0.2) is 16.6 Å². The first-order chi connectivity index (χ1) is 5.99. The highest BCUT2D eigenvalue weighted by molar-refractivity contribution is 9.10. The first kappa shape index (κ1) is 9.16. The average Bonchev–Trinajstić information content (AvgIpc) is 2.35. The lowest BCUT2D eigenvalue weighted by Gasteiger charge is -2.15. The van der Waals surface area contributed by atoms with Gasteiger partial charge in [-0.3, -0.25) is 0 Å². The molecule has 0 aromatic heterocycles. The molecule has 2 rings (SSSR count). The van der Waals surface area contributed by atoms with E-state index in [1.807, 2.05) is 6.92 Å². The van der Waals surface area contributed by atoms with Crippen molar-refractivity contribution in [2.75, 3.05) is 0 Å². The molecule has 2 N–H and O–H groups in total. The van der Waals surface area contributed by atoms with Crippen LogP contribution in [0.2, 0.25) is 0 Å². The summed E-state index contributed by atoms with van der Waals surface area (Å²) in [6.45, 7) is 1.96. The molecule has 0 radical (unpaired) electrons. The lowest BCUT2D eigenvalue weighted by Crippen LogP contribution is -2.36. The van der Waals surface area contributed by atoms with Gasteiger partial charge in [0.25, 0.3) is 0 Å². The number of hydrogen-bond donors (Lipinski definition) is 1. The van der Waals surface area contributed by atoms with Crippen LogP contribution in [-0.2, 0) is 12.8 Å². The molecule has 0 spiro atoms. The number of rotatable bonds is 0. The maximum Gasteiger partial charge on any atom is 0.126 e. The van der Waals surface area contributed by atoms with Crippen molar-refractivity contribution in [3.05, 3.63) is 33.5 Å². The van der Waals surface area contributed by atoms with E-state index in [-0.39, 0.29) is 11.4 Å². The average molecular weight is 244 g/mol. The molecule has 70 valence electrons. The van der Waals surface area contributed by atoms with Crippen LogP contribution in [0.5, 0.6) is 0 Å². The van der Waals surface area contributed by atoms with Gasteiger partial charge in [0.1, 0.15) is 5.82 Å². The fraction of sp³-hybridized carbons (Fsp3) is 0.400. The quantitative estimate of drug-likeness (QED) is 0.745. The van der Waals surface area contributed by atoms with Gasteiger partial charge in [0.05, 0.1) is 0 Å². The Kier molecular flexibility index (Phi) is 1.96. The van der Waals surface area contributed by atoms with Crippen LogP contribution in [0, 0.1) is 5.82 Å².